The highest BCUT2D eigenvalue weighted by molar-refractivity contribution is 5.83. The van der Waals surface area contributed by atoms with Gasteiger partial charge in [-0.05, 0) is 51.9 Å². The van der Waals surface area contributed by atoms with Crippen LogP contribution in [0.1, 0.15) is 59.3 Å². The van der Waals surface area contributed by atoms with Crippen molar-refractivity contribution in [3.63, 3.8) is 0 Å². The van der Waals surface area contributed by atoms with E-state index >= 15 is 0 Å². The van der Waals surface area contributed by atoms with Crippen LogP contribution in [0.3, 0.4) is 0 Å². The fraction of sp³-hybridized carbons (Fsp3) is 0.875. The standard InChI is InChI=1S/C16H28N2O3/c1-4-13-8-9-17(14(10-13)15(19)20)16(21)18-11(2)6-5-7-12(18)3/h11-14H,4-10H2,1-3H3,(H,19,20). The van der Waals surface area contributed by atoms with E-state index in [1.54, 1.807) is 4.90 Å². The van der Waals surface area contributed by atoms with Gasteiger partial charge in [0.2, 0.25) is 0 Å². The summed E-state index contributed by atoms with van der Waals surface area (Å²) in [5, 5.41) is 9.49. The van der Waals surface area contributed by atoms with E-state index < -0.39 is 12.0 Å². The normalized spacial score (nSPS) is 33.9. The maximum atomic E-state index is 12.9. The lowest BCUT2D eigenvalue weighted by atomic mass is 9.89. The Labute approximate surface area is 127 Å². The number of carboxylic acid groups (broad SMARTS) is 1. The number of hydrogen-bond donors (Lipinski definition) is 1. The molecule has 0 saturated carbocycles. The SMILES string of the molecule is CCC1CCN(C(=O)N2C(C)CCCC2C)C(C(=O)O)C1. The molecule has 2 heterocycles. The van der Waals surface area contributed by atoms with E-state index in [9.17, 15) is 14.7 Å². The van der Waals surface area contributed by atoms with E-state index in [0.29, 0.717) is 18.9 Å². The van der Waals surface area contributed by atoms with Crippen molar-refractivity contribution in [1.29, 1.82) is 0 Å². The van der Waals surface area contributed by atoms with E-state index in [2.05, 4.69) is 20.8 Å². The van der Waals surface area contributed by atoms with Gasteiger partial charge in [-0.1, -0.05) is 13.3 Å². The number of rotatable bonds is 2. The molecule has 4 atom stereocenters. The predicted molar refractivity (Wildman–Crippen MR) is 81.2 cm³/mol. The minimum absolute atomic E-state index is 0.0725. The zero-order valence-corrected chi connectivity index (χ0v) is 13.4. The highest BCUT2D eigenvalue weighted by atomic mass is 16.4. The monoisotopic (exact) mass is 296 g/mol. The molecule has 0 bridgehead atoms. The Morgan fingerprint density at radius 2 is 1.76 bits per heavy atom. The molecular weight excluding hydrogens is 268 g/mol. The molecule has 4 unspecified atom stereocenters. The number of piperidine rings is 2. The van der Waals surface area contributed by atoms with Crippen LogP contribution in [0.2, 0.25) is 0 Å². The van der Waals surface area contributed by atoms with Gasteiger partial charge in [-0.25, -0.2) is 9.59 Å². The largest absolute Gasteiger partial charge is 0.480 e. The Morgan fingerprint density at radius 1 is 1.14 bits per heavy atom. The second-order valence-corrected chi connectivity index (χ2v) is 6.66. The average molecular weight is 296 g/mol. The summed E-state index contributed by atoms with van der Waals surface area (Å²) in [5.41, 5.74) is 0. The summed E-state index contributed by atoms with van der Waals surface area (Å²) < 4.78 is 0. The topological polar surface area (TPSA) is 60.9 Å². The highest BCUT2D eigenvalue weighted by Gasteiger charge is 2.40. The third-order valence-electron chi connectivity index (χ3n) is 5.23. The van der Waals surface area contributed by atoms with Crippen molar-refractivity contribution in [2.45, 2.75) is 77.4 Å². The zero-order chi connectivity index (χ0) is 15.6. The molecule has 2 rings (SSSR count). The van der Waals surface area contributed by atoms with Crippen LogP contribution in [0.5, 0.6) is 0 Å². The van der Waals surface area contributed by atoms with E-state index in [1.165, 1.54) is 0 Å². The lowest BCUT2D eigenvalue weighted by Gasteiger charge is -2.45. The van der Waals surface area contributed by atoms with Gasteiger partial charge in [-0.15, -0.1) is 0 Å². The molecule has 120 valence electrons. The fourth-order valence-corrected chi connectivity index (χ4v) is 3.82. The van der Waals surface area contributed by atoms with Crippen molar-refractivity contribution in [3.05, 3.63) is 0 Å². The highest BCUT2D eigenvalue weighted by Crippen LogP contribution is 2.30. The smallest absolute Gasteiger partial charge is 0.326 e. The number of hydrogen-bond acceptors (Lipinski definition) is 2. The van der Waals surface area contributed by atoms with Crippen LogP contribution in [0.4, 0.5) is 4.79 Å². The number of carbonyl (C=O) groups is 2. The van der Waals surface area contributed by atoms with Gasteiger partial charge in [0.25, 0.3) is 0 Å². The van der Waals surface area contributed by atoms with Gasteiger partial charge in [-0.2, -0.15) is 0 Å². The van der Waals surface area contributed by atoms with Crippen LogP contribution < -0.4 is 0 Å². The van der Waals surface area contributed by atoms with E-state index in [1.807, 2.05) is 4.90 Å². The fourth-order valence-electron chi connectivity index (χ4n) is 3.82. The molecule has 0 aliphatic carbocycles. The van der Waals surface area contributed by atoms with Gasteiger partial charge in [0.1, 0.15) is 6.04 Å². The van der Waals surface area contributed by atoms with Gasteiger partial charge in [-0.3, -0.25) is 0 Å². The summed E-state index contributed by atoms with van der Waals surface area (Å²) in [6.07, 6.45) is 5.67. The number of nitrogens with zero attached hydrogens (tertiary/aromatic N) is 2. The molecule has 2 aliphatic rings. The van der Waals surface area contributed by atoms with Crippen LogP contribution in [0.25, 0.3) is 0 Å². The Hall–Kier alpha value is -1.26. The van der Waals surface area contributed by atoms with Crippen molar-refractivity contribution in [2.24, 2.45) is 5.92 Å². The van der Waals surface area contributed by atoms with Crippen LogP contribution in [-0.4, -0.2) is 51.6 Å². The van der Waals surface area contributed by atoms with Gasteiger partial charge in [0, 0.05) is 18.6 Å². The van der Waals surface area contributed by atoms with Gasteiger partial charge >= 0.3 is 12.0 Å². The summed E-state index contributed by atoms with van der Waals surface area (Å²) in [6.45, 7) is 6.81. The lowest BCUT2D eigenvalue weighted by molar-refractivity contribution is -0.144. The Balaban J connectivity index is 2.14. The number of likely N-dealkylation sites (tertiary alicyclic amines) is 2. The zero-order valence-electron chi connectivity index (χ0n) is 13.4. The minimum Gasteiger partial charge on any atom is -0.480 e. The summed E-state index contributed by atoms with van der Waals surface area (Å²) in [7, 11) is 0. The number of carboxylic acids is 1. The van der Waals surface area contributed by atoms with E-state index in [4.69, 9.17) is 0 Å². The van der Waals surface area contributed by atoms with Gasteiger partial charge in [0.05, 0.1) is 0 Å². The molecule has 0 radical (unpaired) electrons. The predicted octanol–water partition coefficient (Wildman–Crippen LogP) is 2.94. The molecule has 5 heteroatoms. The molecule has 2 amide bonds. The molecule has 2 fully saturated rings. The maximum absolute atomic E-state index is 12.9. The van der Waals surface area contributed by atoms with Crippen LogP contribution in [0.15, 0.2) is 0 Å². The summed E-state index contributed by atoms with van der Waals surface area (Å²) in [4.78, 5) is 27.9. The second kappa shape index (κ2) is 6.67. The quantitative estimate of drug-likeness (QED) is 0.852. The number of amides is 2. The first kappa shape index (κ1) is 16.1. The second-order valence-electron chi connectivity index (χ2n) is 6.66. The molecule has 0 aromatic carbocycles. The van der Waals surface area contributed by atoms with Crippen molar-refractivity contribution < 1.29 is 14.7 Å². The average Bonchev–Trinajstić information content (AvgIpc) is 2.46. The number of urea groups is 1. The molecule has 21 heavy (non-hydrogen) atoms. The van der Waals surface area contributed by atoms with Crippen molar-refractivity contribution >= 4 is 12.0 Å². The summed E-state index contributed by atoms with van der Waals surface area (Å²) in [6, 6.07) is -0.312. The Kier molecular flexibility index (Phi) is 5.12. The third-order valence-corrected chi connectivity index (χ3v) is 5.23. The van der Waals surface area contributed by atoms with Crippen molar-refractivity contribution in [3.8, 4) is 0 Å². The first-order valence-electron chi connectivity index (χ1n) is 8.27. The van der Waals surface area contributed by atoms with Gasteiger partial charge in [0.15, 0.2) is 0 Å². The first-order chi connectivity index (χ1) is 9.95. The number of aliphatic carboxylic acids is 1. The summed E-state index contributed by atoms with van der Waals surface area (Å²) in [5.74, 6) is -0.440. The Bertz CT molecular complexity index is 389. The summed E-state index contributed by atoms with van der Waals surface area (Å²) >= 11 is 0. The molecular formula is C16H28N2O3. The van der Waals surface area contributed by atoms with Gasteiger partial charge < -0.3 is 14.9 Å². The van der Waals surface area contributed by atoms with E-state index in [0.717, 1.165) is 32.1 Å². The van der Waals surface area contributed by atoms with Crippen LogP contribution in [0, 0.1) is 5.92 Å². The number of carbonyl (C=O) groups excluding carboxylic acids is 1. The molecule has 5 nitrogen and oxygen atoms in total. The first-order valence-corrected chi connectivity index (χ1v) is 8.27. The molecule has 0 aromatic heterocycles. The lowest BCUT2D eigenvalue weighted by Crippen LogP contribution is -2.59. The maximum Gasteiger partial charge on any atom is 0.326 e. The van der Waals surface area contributed by atoms with Crippen LogP contribution >= 0.6 is 0 Å². The molecule has 0 spiro atoms. The molecule has 1 N–H and O–H groups in total. The minimum atomic E-state index is -0.862. The molecule has 2 saturated heterocycles. The third kappa shape index (κ3) is 3.33. The van der Waals surface area contributed by atoms with Crippen LogP contribution in [-0.2, 0) is 4.79 Å². The molecule has 0 aromatic rings. The van der Waals surface area contributed by atoms with Crippen molar-refractivity contribution in [1.82, 2.24) is 9.80 Å². The Morgan fingerprint density at radius 3 is 2.29 bits per heavy atom. The van der Waals surface area contributed by atoms with E-state index in [-0.39, 0.29) is 18.1 Å². The van der Waals surface area contributed by atoms with Crippen molar-refractivity contribution in [2.75, 3.05) is 6.54 Å². The molecule has 2 aliphatic heterocycles.